The first-order chi connectivity index (χ1) is 15.2. The number of hydrogen-bond acceptors (Lipinski definition) is 4. The molecule has 1 N–H and O–H groups in total. The van der Waals surface area contributed by atoms with Crippen LogP contribution in [0, 0.1) is 0 Å². The van der Waals surface area contributed by atoms with Crippen molar-refractivity contribution in [3.8, 4) is 0 Å². The van der Waals surface area contributed by atoms with Gasteiger partial charge < -0.3 is 15.0 Å². The molecule has 6 heteroatoms. The Hall–Kier alpha value is -2.70. The Morgan fingerprint density at radius 2 is 1.65 bits per heavy atom. The molecule has 2 amide bonds. The van der Waals surface area contributed by atoms with Crippen LogP contribution in [0.3, 0.4) is 0 Å². The third-order valence-electron chi connectivity index (χ3n) is 6.09. The van der Waals surface area contributed by atoms with Crippen molar-refractivity contribution in [3.63, 3.8) is 0 Å². The van der Waals surface area contributed by atoms with E-state index in [0.717, 1.165) is 44.6 Å². The number of carbonyl (C=O) groups excluding carboxylic acids is 2. The minimum absolute atomic E-state index is 0.00935. The first-order valence-corrected chi connectivity index (χ1v) is 11.2. The van der Waals surface area contributed by atoms with Crippen LogP contribution in [0.4, 0.5) is 0 Å². The summed E-state index contributed by atoms with van der Waals surface area (Å²) in [6, 6.07) is 18.3. The second-order valence-electron chi connectivity index (χ2n) is 8.34. The Labute approximate surface area is 184 Å². The highest BCUT2D eigenvalue weighted by molar-refractivity contribution is 5.97. The van der Waals surface area contributed by atoms with Crippen molar-refractivity contribution >= 4 is 11.8 Å². The Morgan fingerprint density at radius 3 is 2.29 bits per heavy atom. The molecule has 2 atom stereocenters. The lowest BCUT2D eigenvalue weighted by Gasteiger charge is -2.37. The topological polar surface area (TPSA) is 61.9 Å². The van der Waals surface area contributed by atoms with E-state index in [2.05, 4.69) is 10.2 Å². The molecule has 0 unspecified atom stereocenters. The van der Waals surface area contributed by atoms with Gasteiger partial charge in [0.25, 0.3) is 5.91 Å². The third-order valence-corrected chi connectivity index (χ3v) is 6.09. The summed E-state index contributed by atoms with van der Waals surface area (Å²) in [5.41, 5.74) is 1.60. The molecule has 0 aromatic heterocycles. The number of rotatable bonds is 7. The number of piperazine rings is 1. The van der Waals surface area contributed by atoms with Crippen LogP contribution in [0.5, 0.6) is 0 Å². The van der Waals surface area contributed by atoms with Crippen LogP contribution in [-0.4, -0.2) is 73.1 Å². The molecule has 6 nitrogen and oxygen atoms in total. The van der Waals surface area contributed by atoms with Gasteiger partial charge in [-0.2, -0.15) is 0 Å². The minimum atomic E-state index is -0.583. The molecular weight excluding hydrogens is 390 g/mol. The predicted molar refractivity (Wildman–Crippen MR) is 120 cm³/mol. The van der Waals surface area contributed by atoms with Gasteiger partial charge >= 0.3 is 0 Å². The van der Waals surface area contributed by atoms with Crippen molar-refractivity contribution in [2.75, 3.05) is 39.3 Å². The van der Waals surface area contributed by atoms with Crippen LogP contribution in [0.25, 0.3) is 0 Å². The van der Waals surface area contributed by atoms with Gasteiger partial charge in [0, 0.05) is 51.3 Å². The van der Waals surface area contributed by atoms with Crippen LogP contribution in [-0.2, 0) is 16.0 Å². The number of ether oxygens (including phenoxy) is 1. The van der Waals surface area contributed by atoms with Gasteiger partial charge in [-0.25, -0.2) is 0 Å². The normalized spacial score (nSPS) is 20.4. The Morgan fingerprint density at radius 1 is 0.968 bits per heavy atom. The maximum absolute atomic E-state index is 13.4. The van der Waals surface area contributed by atoms with E-state index in [1.165, 1.54) is 0 Å². The number of nitrogens with one attached hydrogen (secondary N) is 1. The lowest BCUT2D eigenvalue weighted by molar-refractivity contribution is -0.135. The lowest BCUT2D eigenvalue weighted by atomic mass is 10.0. The summed E-state index contributed by atoms with van der Waals surface area (Å²) in [5.74, 6) is -0.225. The Balaban J connectivity index is 1.39. The van der Waals surface area contributed by atoms with Crippen molar-refractivity contribution in [1.29, 1.82) is 0 Å². The maximum Gasteiger partial charge on any atom is 0.251 e. The Kier molecular flexibility index (Phi) is 7.33. The van der Waals surface area contributed by atoms with Gasteiger partial charge in [-0.05, 0) is 30.5 Å². The fraction of sp³-hybridized carbons (Fsp3) is 0.440. The van der Waals surface area contributed by atoms with Gasteiger partial charge in [-0.15, -0.1) is 0 Å². The molecule has 0 radical (unpaired) electrons. The smallest absolute Gasteiger partial charge is 0.251 e. The zero-order chi connectivity index (χ0) is 21.5. The molecule has 2 aliphatic heterocycles. The van der Waals surface area contributed by atoms with Crippen molar-refractivity contribution in [1.82, 2.24) is 15.1 Å². The van der Waals surface area contributed by atoms with Gasteiger partial charge in [0.2, 0.25) is 5.91 Å². The highest BCUT2D eigenvalue weighted by atomic mass is 16.5. The number of amides is 2. The zero-order valence-electron chi connectivity index (χ0n) is 17.9. The second kappa shape index (κ2) is 10.6. The van der Waals surface area contributed by atoms with E-state index in [-0.39, 0.29) is 11.8 Å². The maximum atomic E-state index is 13.4. The van der Waals surface area contributed by atoms with Crippen LogP contribution < -0.4 is 5.32 Å². The molecule has 4 rings (SSSR count). The largest absolute Gasteiger partial charge is 0.377 e. The summed E-state index contributed by atoms with van der Waals surface area (Å²) in [5, 5.41) is 2.99. The summed E-state index contributed by atoms with van der Waals surface area (Å²) >= 11 is 0. The summed E-state index contributed by atoms with van der Waals surface area (Å²) in [6.07, 6.45) is 3.09. The zero-order valence-corrected chi connectivity index (χ0v) is 17.9. The van der Waals surface area contributed by atoms with Crippen LogP contribution in [0.2, 0.25) is 0 Å². The molecule has 2 saturated heterocycles. The minimum Gasteiger partial charge on any atom is -0.377 e. The molecule has 164 valence electrons. The molecular formula is C25H31N3O3. The van der Waals surface area contributed by atoms with E-state index < -0.39 is 6.04 Å². The first-order valence-electron chi connectivity index (χ1n) is 11.2. The summed E-state index contributed by atoms with van der Waals surface area (Å²) in [6.45, 7) is 4.86. The monoisotopic (exact) mass is 421 g/mol. The standard InChI is InChI=1S/C25H31N3O3/c29-24(21-10-5-2-6-11-21)26-23(18-20-8-3-1-4-9-20)25(30)28-15-13-27(14-16-28)19-22-12-7-17-31-22/h1-6,8-11,22-23H,7,12-19H2,(H,26,29)/t22-,23+/m0/s1. The fourth-order valence-corrected chi connectivity index (χ4v) is 4.33. The Bertz CT molecular complexity index is 845. The third kappa shape index (κ3) is 5.93. The number of nitrogens with zero attached hydrogens (tertiary/aromatic N) is 2. The first kappa shape index (κ1) is 21.5. The number of benzene rings is 2. The molecule has 0 saturated carbocycles. The number of carbonyl (C=O) groups is 2. The summed E-state index contributed by atoms with van der Waals surface area (Å²) in [4.78, 5) is 30.4. The quantitative estimate of drug-likeness (QED) is 0.746. The van der Waals surface area contributed by atoms with E-state index in [9.17, 15) is 9.59 Å². The molecule has 0 spiro atoms. The summed E-state index contributed by atoms with van der Waals surface area (Å²) in [7, 11) is 0. The summed E-state index contributed by atoms with van der Waals surface area (Å²) < 4.78 is 5.75. The molecule has 2 aromatic carbocycles. The van der Waals surface area contributed by atoms with Gasteiger partial charge in [0.1, 0.15) is 6.04 Å². The average Bonchev–Trinajstić information content (AvgIpc) is 3.33. The van der Waals surface area contributed by atoms with E-state index in [1.807, 2.05) is 53.4 Å². The highest BCUT2D eigenvalue weighted by Gasteiger charge is 2.30. The van der Waals surface area contributed by atoms with Crippen molar-refractivity contribution < 1.29 is 14.3 Å². The van der Waals surface area contributed by atoms with Gasteiger partial charge in [-0.1, -0.05) is 48.5 Å². The van der Waals surface area contributed by atoms with Crippen molar-refractivity contribution in [3.05, 3.63) is 71.8 Å². The fourth-order valence-electron chi connectivity index (χ4n) is 4.33. The van der Waals surface area contributed by atoms with Crippen LogP contribution in [0.1, 0.15) is 28.8 Å². The molecule has 0 aliphatic carbocycles. The predicted octanol–water partition coefficient (Wildman–Crippen LogP) is 2.35. The van der Waals surface area contributed by atoms with Crippen molar-refractivity contribution in [2.24, 2.45) is 0 Å². The van der Waals surface area contributed by atoms with Gasteiger partial charge in [0.05, 0.1) is 6.10 Å². The SMILES string of the molecule is O=C(N[C@H](Cc1ccccc1)C(=O)N1CCN(C[C@@H]2CCCO2)CC1)c1ccccc1. The van der Waals surface area contributed by atoms with E-state index in [0.29, 0.717) is 31.2 Å². The van der Waals surface area contributed by atoms with E-state index in [4.69, 9.17) is 4.74 Å². The highest BCUT2D eigenvalue weighted by Crippen LogP contribution is 2.15. The molecule has 2 aromatic rings. The van der Waals surface area contributed by atoms with E-state index >= 15 is 0 Å². The second-order valence-corrected chi connectivity index (χ2v) is 8.34. The van der Waals surface area contributed by atoms with Gasteiger partial charge in [-0.3, -0.25) is 14.5 Å². The average molecular weight is 422 g/mol. The van der Waals surface area contributed by atoms with Crippen LogP contribution in [0.15, 0.2) is 60.7 Å². The molecule has 31 heavy (non-hydrogen) atoms. The molecule has 0 bridgehead atoms. The van der Waals surface area contributed by atoms with Crippen molar-refractivity contribution in [2.45, 2.75) is 31.4 Å². The number of hydrogen-bond donors (Lipinski definition) is 1. The van der Waals surface area contributed by atoms with Crippen LogP contribution >= 0.6 is 0 Å². The molecule has 2 heterocycles. The van der Waals surface area contributed by atoms with E-state index in [1.54, 1.807) is 12.1 Å². The lowest BCUT2D eigenvalue weighted by Crippen LogP contribution is -2.56. The molecule has 2 aliphatic rings. The van der Waals surface area contributed by atoms with Gasteiger partial charge in [0.15, 0.2) is 0 Å². The molecule has 2 fully saturated rings.